The largest absolute Gasteiger partial charge is 0.455 e. The van der Waals surface area contributed by atoms with Gasteiger partial charge in [-0.15, -0.1) is 11.3 Å². The summed E-state index contributed by atoms with van der Waals surface area (Å²) in [7, 11) is 0. The van der Waals surface area contributed by atoms with Crippen LogP contribution < -0.4 is 0 Å². The number of fused-ring (bicyclic) bond motifs is 24. The molecule has 0 saturated carbocycles. The van der Waals surface area contributed by atoms with Gasteiger partial charge in [0.1, 0.15) is 11.2 Å². The molecule has 706 valence electrons. The first kappa shape index (κ1) is 86.9. The Balaban J connectivity index is 0.000000106. The first-order valence-corrected chi connectivity index (χ1v) is 51.6. The van der Waals surface area contributed by atoms with E-state index in [2.05, 4.69) is 429 Å². The van der Waals surface area contributed by atoms with Gasteiger partial charge in [0.05, 0.1) is 71.8 Å². The summed E-state index contributed by atoms with van der Waals surface area (Å²) in [4.78, 5) is 46.7. The zero-order valence-electron chi connectivity index (χ0n) is 81.4. The monoisotopic (exact) mass is 1940 g/mol. The lowest BCUT2D eigenvalue weighted by Crippen LogP contribution is -2.06. The quantitative estimate of drug-likeness (QED) is 0.103. The van der Waals surface area contributed by atoms with E-state index >= 15 is 0 Å². The van der Waals surface area contributed by atoms with Gasteiger partial charge in [-0.1, -0.05) is 347 Å². The molecule has 17 heteroatoms. The molecule has 150 heavy (non-hydrogen) atoms. The second-order valence-corrected chi connectivity index (χ2v) is 39.1. The minimum Gasteiger partial charge on any atom is -0.455 e. The highest BCUT2D eigenvalue weighted by Gasteiger charge is 2.29. The van der Waals surface area contributed by atoms with Crippen molar-refractivity contribution in [1.82, 2.24) is 72.3 Å². The van der Waals surface area contributed by atoms with E-state index in [4.69, 9.17) is 49.3 Å². The van der Waals surface area contributed by atoms with Gasteiger partial charge in [-0.3, -0.25) is 13.7 Å². The highest BCUT2D eigenvalue weighted by Crippen LogP contribution is 2.48. The minimum absolute atomic E-state index is 0.542. The summed E-state index contributed by atoms with van der Waals surface area (Å²) >= 11 is 1.79. The molecule has 0 unspecified atom stereocenters. The van der Waals surface area contributed by atoms with Gasteiger partial charge in [-0.05, 0) is 157 Å². The molecule has 0 fully saturated rings. The average Bonchev–Trinajstić information content (AvgIpc) is 1.56. The van der Waals surface area contributed by atoms with Crippen LogP contribution in [-0.4, -0.2) is 72.3 Å². The summed E-state index contributed by atoms with van der Waals surface area (Å²) in [6.07, 6.45) is 1.96. The molecule has 0 amide bonds. The molecule has 0 aliphatic rings. The van der Waals surface area contributed by atoms with E-state index in [0.29, 0.717) is 52.8 Å². The molecule has 0 aliphatic heterocycles. The molecule has 0 saturated heterocycles. The van der Waals surface area contributed by atoms with Crippen molar-refractivity contribution >= 4 is 184 Å². The van der Waals surface area contributed by atoms with Crippen LogP contribution in [0.4, 0.5) is 0 Å². The normalized spacial score (nSPS) is 11.9. The maximum Gasteiger partial charge on any atom is 0.238 e. The molecule has 31 rings (SSSR count). The smallest absolute Gasteiger partial charge is 0.238 e. The first-order chi connectivity index (χ1) is 74.3. The Morgan fingerprint density at radius 2 is 0.467 bits per heavy atom. The van der Waals surface area contributed by atoms with Crippen LogP contribution in [0.25, 0.3) is 276 Å². The van der Waals surface area contributed by atoms with E-state index in [0.717, 1.165) is 173 Å². The van der Waals surface area contributed by atoms with Crippen LogP contribution in [0.3, 0.4) is 0 Å². The summed E-state index contributed by atoms with van der Waals surface area (Å²) in [5.74, 6) is 5.47. The lowest BCUT2D eigenvalue weighted by molar-refractivity contribution is 0.669. The average molecular weight is 1940 g/mol. The molecular weight excluding hydrogens is 1860 g/mol. The molecule has 0 radical (unpaired) electrons. The predicted octanol–water partition coefficient (Wildman–Crippen LogP) is 33.6. The van der Waals surface area contributed by atoms with E-state index < -0.39 is 0 Å². The fourth-order valence-corrected chi connectivity index (χ4v) is 23.7. The van der Waals surface area contributed by atoms with Gasteiger partial charge in [-0.2, -0.15) is 29.9 Å². The number of aryl methyl sites for hydroxylation is 2. The van der Waals surface area contributed by atoms with Crippen molar-refractivity contribution in [3.63, 3.8) is 0 Å². The third-order valence-corrected chi connectivity index (χ3v) is 30.7. The van der Waals surface area contributed by atoms with E-state index in [1.54, 1.807) is 11.3 Å². The lowest BCUT2D eigenvalue weighted by atomic mass is 10.1. The maximum atomic E-state index is 6.48. The SMILES string of the molecule is CCc1ccc(-c2nc(-c3ccc(CC)cc3)nc(-n3c4ccccc4c4cc5c6ccccc6n(-c6ccccc6)c5cc43)n2)cc1.c1ccc(-c2nc(-c3cccc4c3oc3ccccc34)nc(-n3c4ccccc4c4cc5c6ccccc6n(-c6ccccc6)c5cc43)n2)cc1.c1ccc(-c2nc(-c3cccc4c3sc3ccccc34)nc(-n3c4ccccc4c4cc5c6ccccc6n(-c6ccccc6)c5cc43)n2)cc1. The predicted molar refractivity (Wildman–Crippen MR) is 617 cm³/mol. The fourth-order valence-electron chi connectivity index (χ4n) is 22.5. The van der Waals surface area contributed by atoms with Gasteiger partial charge in [0, 0.05) is 140 Å². The minimum atomic E-state index is 0.542. The fraction of sp³-hybridized carbons (Fsp3) is 0.0301. The Bertz CT molecular complexity index is 10300. The third kappa shape index (κ3) is 14.4. The highest BCUT2D eigenvalue weighted by molar-refractivity contribution is 7.26. The van der Waals surface area contributed by atoms with Crippen LogP contribution in [-0.2, 0) is 12.8 Å². The van der Waals surface area contributed by atoms with Gasteiger partial charge in [0.2, 0.25) is 17.8 Å². The molecule has 11 heterocycles. The Kier molecular flexibility index (Phi) is 20.6. The van der Waals surface area contributed by atoms with Gasteiger partial charge >= 0.3 is 0 Å². The van der Waals surface area contributed by atoms with Crippen LogP contribution in [0, 0.1) is 0 Å². The van der Waals surface area contributed by atoms with Gasteiger partial charge in [0.25, 0.3) is 0 Å². The van der Waals surface area contributed by atoms with E-state index in [1.165, 1.54) is 74.6 Å². The van der Waals surface area contributed by atoms with Crippen LogP contribution in [0.15, 0.2) is 472 Å². The summed E-state index contributed by atoms with van der Waals surface area (Å²) in [5.41, 5.74) is 26.2. The Hall–Kier alpha value is -19.8. The van der Waals surface area contributed by atoms with E-state index in [1.807, 2.05) is 78.9 Å². The van der Waals surface area contributed by atoms with Gasteiger partial charge < -0.3 is 18.1 Å². The van der Waals surface area contributed by atoms with Crippen LogP contribution >= 0.6 is 11.3 Å². The number of benzene rings is 20. The van der Waals surface area contributed by atoms with Crippen molar-refractivity contribution in [2.24, 2.45) is 0 Å². The molecule has 31 aromatic rings. The molecule has 11 aromatic heterocycles. The van der Waals surface area contributed by atoms with Crippen molar-refractivity contribution < 1.29 is 4.42 Å². The molecule has 0 N–H and O–H groups in total. The molecule has 16 nitrogen and oxygen atoms in total. The summed E-state index contributed by atoms with van der Waals surface area (Å²) < 4.78 is 22.6. The Morgan fingerprint density at radius 1 is 0.193 bits per heavy atom. The maximum absolute atomic E-state index is 6.48. The van der Waals surface area contributed by atoms with Gasteiger partial charge in [-0.25, -0.2) is 15.0 Å². The van der Waals surface area contributed by atoms with Crippen LogP contribution in [0.1, 0.15) is 25.0 Å². The summed E-state index contributed by atoms with van der Waals surface area (Å²) in [5, 5.41) is 18.7. The number of rotatable bonds is 14. The number of hydrogen-bond acceptors (Lipinski definition) is 11. The number of nitrogens with zero attached hydrogens (tertiary/aromatic N) is 15. The molecule has 0 spiro atoms. The zero-order chi connectivity index (χ0) is 99.1. The molecular formula is C133H87N15OS. The van der Waals surface area contributed by atoms with Crippen molar-refractivity contribution in [2.45, 2.75) is 26.7 Å². The van der Waals surface area contributed by atoms with Crippen LogP contribution in [0.5, 0.6) is 0 Å². The van der Waals surface area contributed by atoms with Gasteiger partial charge in [0.15, 0.2) is 34.9 Å². The Morgan fingerprint density at radius 3 is 0.840 bits per heavy atom. The number of para-hydroxylation sites is 11. The van der Waals surface area contributed by atoms with E-state index in [-0.39, 0.29) is 0 Å². The highest BCUT2D eigenvalue weighted by atomic mass is 32.1. The molecule has 20 aromatic carbocycles. The van der Waals surface area contributed by atoms with Crippen molar-refractivity contribution in [3.8, 4) is 103 Å². The second-order valence-electron chi connectivity index (χ2n) is 38.0. The first-order valence-electron chi connectivity index (χ1n) is 50.8. The van der Waals surface area contributed by atoms with Crippen molar-refractivity contribution in [1.29, 1.82) is 0 Å². The third-order valence-electron chi connectivity index (χ3n) is 29.5. The zero-order valence-corrected chi connectivity index (χ0v) is 82.2. The molecule has 0 aliphatic carbocycles. The standard InChI is InChI=1S/C45H27N5O.C45H27N5S.C43H33N5/c2*1-3-14-28(15-4-1)43-46-44(34-22-13-21-33-32-20-9-12-25-41(32)51-42(33)34)48-45(47-43)50-38-24-11-8-19-31(38)36-26-35-30-18-7-10-23-37(30)49(39(35)27-40(36)50)29-16-5-2-6-17-29;1-3-28-18-22-30(23-19-28)41-44-42(31-24-20-29(4-2)21-25-31)46-43(45-41)48-38-17-11-9-15-34(38)36-26-35-33-14-8-10-16-37(33)47(39(35)27-40(36)48)32-12-6-5-7-13-32/h2*1-27H;5-27H,3-4H2,1-2H3. The number of furan rings is 1. The molecule has 0 atom stereocenters. The summed E-state index contributed by atoms with van der Waals surface area (Å²) in [6.45, 7) is 4.34. The number of aromatic nitrogens is 15. The number of hydrogen-bond donors (Lipinski definition) is 0. The van der Waals surface area contributed by atoms with Crippen LogP contribution in [0.2, 0.25) is 0 Å². The second kappa shape index (κ2) is 35.6. The summed E-state index contributed by atoms with van der Waals surface area (Å²) in [6, 6.07) is 164. The van der Waals surface area contributed by atoms with E-state index in [9.17, 15) is 0 Å². The lowest BCUT2D eigenvalue weighted by Gasteiger charge is -2.12. The van der Waals surface area contributed by atoms with Crippen molar-refractivity contribution in [3.05, 3.63) is 478 Å². The molecule has 0 bridgehead atoms. The topological polar surface area (TPSA) is 159 Å². The Labute approximate surface area is 863 Å². The van der Waals surface area contributed by atoms with Crippen molar-refractivity contribution in [2.75, 3.05) is 0 Å². The number of thiophene rings is 1.